The maximum Gasteiger partial charge on any atom is 0.472 e. The van der Waals surface area contributed by atoms with Gasteiger partial charge in [0, 0.05) is 6.20 Å². The third-order valence-corrected chi connectivity index (χ3v) is 9.50. The lowest BCUT2D eigenvalue weighted by Crippen LogP contribution is -2.39. The third-order valence-electron chi connectivity index (χ3n) is 7.53. The normalized spacial score (nSPS) is 37.1. The van der Waals surface area contributed by atoms with Crippen LogP contribution >= 0.6 is 15.6 Å². The van der Waals surface area contributed by atoms with Gasteiger partial charge in [0.05, 0.1) is 24.9 Å². The van der Waals surface area contributed by atoms with Crippen LogP contribution in [0.3, 0.4) is 0 Å². The summed E-state index contributed by atoms with van der Waals surface area (Å²) in [5.74, 6) is -0.518. The van der Waals surface area contributed by atoms with Crippen molar-refractivity contribution in [1.29, 1.82) is 0 Å². The monoisotopic (exact) mass is 689 g/mol. The highest BCUT2D eigenvalue weighted by Gasteiger charge is 2.54. The standard InChI is InChI=1S/C21H25N9O14P2/c22-20-25-14-6(16(33)27-20)1-2-29(14)18-10(31)12-7(41-18)3-39-46(37,38)44-13-8(4-40-45(35,36)43-12)42-19(11(13)32)30-5-24-9-15(30)26-21(23)28-17(9)34/h1-2,5,7-8,10-13,18-19,31-32H,3-4H2,(H,35,36)(H,37,38)(H3,22,25,27,33)(H3,23,26,28,34)/t7-,8-,10-,11-,12-,13-,18-,19-/m1/s1. The number of phosphoric ester groups is 2. The predicted molar refractivity (Wildman–Crippen MR) is 148 cm³/mol. The van der Waals surface area contributed by atoms with Crippen molar-refractivity contribution in [3.05, 3.63) is 39.3 Å². The summed E-state index contributed by atoms with van der Waals surface area (Å²) in [6.07, 6.45) is -10.4. The number of anilines is 2. The van der Waals surface area contributed by atoms with Crippen molar-refractivity contribution >= 4 is 49.7 Å². The Balaban J connectivity index is 1.18. The van der Waals surface area contributed by atoms with Gasteiger partial charge in [0.1, 0.15) is 36.6 Å². The van der Waals surface area contributed by atoms with Gasteiger partial charge in [-0.05, 0) is 6.07 Å². The maximum atomic E-state index is 13.1. The molecule has 3 fully saturated rings. The average molecular weight is 689 g/mol. The second kappa shape index (κ2) is 11.0. The number of hydrogen-bond donors (Lipinski definition) is 8. The van der Waals surface area contributed by atoms with Gasteiger partial charge in [-0.25, -0.2) is 14.1 Å². The maximum absolute atomic E-state index is 13.1. The fourth-order valence-electron chi connectivity index (χ4n) is 5.53. The number of nitrogens with zero attached hydrogens (tertiary/aromatic N) is 5. The number of nitrogens with two attached hydrogens (primary N) is 2. The van der Waals surface area contributed by atoms with Crippen molar-refractivity contribution in [3.63, 3.8) is 0 Å². The van der Waals surface area contributed by atoms with Crippen LogP contribution in [0.15, 0.2) is 28.2 Å². The number of H-pyrrole nitrogens is 2. The Morgan fingerprint density at radius 2 is 1.35 bits per heavy atom. The summed E-state index contributed by atoms with van der Waals surface area (Å²) in [5.41, 5.74) is 9.71. The Bertz CT molecular complexity index is 1900. The highest BCUT2D eigenvalue weighted by Crippen LogP contribution is 2.53. The zero-order valence-electron chi connectivity index (χ0n) is 22.9. The SMILES string of the molecule is Nc1nc2c(ccn2[C@@H]2O[C@@H]3COP(=O)(O)O[C@H]4[C@@H](O)[C@H](n5cnc6c(=O)[nH]c(N)nc65)O[C@@H]4COP(=O)(O)O[C@H]3[C@H]2O)c(=O)[nH]1. The summed E-state index contributed by atoms with van der Waals surface area (Å²) in [6, 6.07) is 1.36. The van der Waals surface area contributed by atoms with Crippen LogP contribution < -0.4 is 22.6 Å². The van der Waals surface area contributed by atoms with Crippen LogP contribution in [-0.2, 0) is 36.7 Å². The first-order valence-electron chi connectivity index (χ1n) is 13.3. The fraction of sp³-hybridized carbons (Fsp3) is 0.476. The molecule has 2 unspecified atom stereocenters. The molecule has 248 valence electrons. The van der Waals surface area contributed by atoms with Gasteiger partial charge >= 0.3 is 15.6 Å². The molecule has 0 saturated carbocycles. The van der Waals surface area contributed by atoms with E-state index in [0.717, 1.165) is 10.9 Å². The Kier molecular flexibility index (Phi) is 7.43. The second-order valence-corrected chi connectivity index (χ2v) is 13.3. The quantitative estimate of drug-likeness (QED) is 0.101. The van der Waals surface area contributed by atoms with Gasteiger partial charge in [-0.3, -0.25) is 42.2 Å². The largest absolute Gasteiger partial charge is 0.472 e. The number of aliphatic hydroxyl groups is 2. The molecule has 0 amide bonds. The van der Waals surface area contributed by atoms with E-state index < -0.39 is 89.1 Å². The van der Waals surface area contributed by atoms with Gasteiger partial charge in [-0.1, -0.05) is 0 Å². The minimum absolute atomic E-state index is 0.00944. The third kappa shape index (κ3) is 5.35. The lowest BCUT2D eigenvalue weighted by atomic mass is 10.1. The zero-order chi connectivity index (χ0) is 32.7. The van der Waals surface area contributed by atoms with Crippen LogP contribution in [0.1, 0.15) is 12.5 Å². The number of fused-ring (bicyclic) bond motifs is 4. The first-order chi connectivity index (χ1) is 21.7. The fourth-order valence-corrected chi connectivity index (χ4v) is 7.45. The van der Waals surface area contributed by atoms with Crippen LogP contribution in [0.25, 0.3) is 22.2 Å². The number of nitrogen functional groups attached to an aromatic ring is 2. The molecule has 0 aliphatic carbocycles. The summed E-state index contributed by atoms with van der Waals surface area (Å²) in [6.45, 7) is -1.71. The van der Waals surface area contributed by atoms with Crippen LogP contribution in [0.4, 0.5) is 11.9 Å². The highest BCUT2D eigenvalue weighted by molar-refractivity contribution is 7.47. The molecule has 23 nitrogen and oxygen atoms in total. The summed E-state index contributed by atoms with van der Waals surface area (Å²) in [7, 11) is -10.2. The summed E-state index contributed by atoms with van der Waals surface area (Å²) in [4.78, 5) is 62.2. The molecule has 0 aromatic carbocycles. The van der Waals surface area contributed by atoms with Crippen LogP contribution in [-0.4, -0.2) is 104 Å². The molecule has 10 atom stereocenters. The van der Waals surface area contributed by atoms with E-state index in [2.05, 4.69) is 24.9 Å². The van der Waals surface area contributed by atoms with Crippen molar-refractivity contribution in [1.82, 2.24) is 34.1 Å². The molecular weight excluding hydrogens is 664 g/mol. The topological polar surface area (TPSA) is 337 Å². The molecule has 46 heavy (non-hydrogen) atoms. The van der Waals surface area contributed by atoms with Crippen molar-refractivity contribution < 1.29 is 56.7 Å². The molecule has 0 radical (unpaired) electrons. The summed E-state index contributed by atoms with van der Waals surface area (Å²) >= 11 is 0. The summed E-state index contributed by atoms with van der Waals surface area (Å²) in [5, 5.41) is 22.3. The van der Waals surface area contributed by atoms with Gasteiger partial charge in [-0.15, -0.1) is 0 Å². The van der Waals surface area contributed by atoms with Crippen LogP contribution in [0, 0.1) is 0 Å². The predicted octanol–water partition coefficient (Wildman–Crippen LogP) is -2.44. The van der Waals surface area contributed by atoms with Crippen LogP contribution in [0.5, 0.6) is 0 Å². The molecule has 4 aromatic heterocycles. The van der Waals surface area contributed by atoms with Gasteiger partial charge in [-0.2, -0.15) is 9.97 Å². The molecule has 25 heteroatoms. The number of phosphoric acid groups is 2. The Hall–Kier alpha value is -3.57. The molecule has 4 aromatic rings. The highest BCUT2D eigenvalue weighted by atomic mass is 31.2. The first kappa shape index (κ1) is 31.1. The number of nitrogens with one attached hydrogen (secondary N) is 2. The molecule has 7 heterocycles. The van der Waals surface area contributed by atoms with E-state index in [1.165, 1.54) is 16.8 Å². The molecule has 3 aliphatic heterocycles. The van der Waals surface area contributed by atoms with Gasteiger partial charge < -0.3 is 45.5 Å². The van der Waals surface area contributed by atoms with E-state index in [9.17, 15) is 38.7 Å². The van der Waals surface area contributed by atoms with E-state index in [1.54, 1.807) is 0 Å². The van der Waals surface area contributed by atoms with Crippen LogP contribution in [0.2, 0.25) is 0 Å². The van der Waals surface area contributed by atoms with E-state index in [4.69, 9.17) is 39.0 Å². The van der Waals surface area contributed by atoms with E-state index in [0.29, 0.717) is 0 Å². The average Bonchev–Trinajstić information content (AvgIpc) is 3.72. The molecular formula is C21H25N9O14P2. The second-order valence-electron chi connectivity index (χ2n) is 10.5. The zero-order valence-corrected chi connectivity index (χ0v) is 24.7. The molecule has 0 spiro atoms. The van der Waals surface area contributed by atoms with Gasteiger partial charge in [0.2, 0.25) is 11.9 Å². The molecule has 7 rings (SSSR count). The minimum atomic E-state index is -5.09. The van der Waals surface area contributed by atoms with Crippen molar-refractivity contribution in [2.75, 3.05) is 24.7 Å². The van der Waals surface area contributed by atoms with E-state index in [1.807, 2.05) is 0 Å². The molecule has 3 saturated heterocycles. The number of hydrogen-bond acceptors (Lipinski definition) is 17. The Morgan fingerprint density at radius 1 is 0.826 bits per heavy atom. The van der Waals surface area contributed by atoms with Crippen molar-refractivity contribution in [3.8, 4) is 0 Å². The molecule has 3 aliphatic rings. The number of aliphatic hydroxyl groups excluding tert-OH is 2. The minimum Gasteiger partial charge on any atom is -0.386 e. The number of imidazole rings is 1. The Labute approximate surface area is 253 Å². The first-order valence-corrected chi connectivity index (χ1v) is 16.3. The molecule has 0 bridgehead atoms. The van der Waals surface area contributed by atoms with E-state index in [-0.39, 0.29) is 34.1 Å². The smallest absolute Gasteiger partial charge is 0.386 e. The number of aromatic nitrogens is 7. The van der Waals surface area contributed by atoms with Crippen molar-refractivity contribution in [2.24, 2.45) is 0 Å². The lowest BCUT2D eigenvalue weighted by molar-refractivity contribution is -0.0663. The van der Waals surface area contributed by atoms with Crippen molar-refractivity contribution in [2.45, 2.75) is 49.1 Å². The van der Waals surface area contributed by atoms with Gasteiger partial charge in [0.25, 0.3) is 11.1 Å². The molecule has 10 N–H and O–H groups in total. The summed E-state index contributed by atoms with van der Waals surface area (Å²) < 4.78 is 60.8. The number of aromatic amines is 2. The number of ether oxygens (including phenoxy) is 2. The van der Waals surface area contributed by atoms with Gasteiger partial charge in [0.15, 0.2) is 29.3 Å². The Morgan fingerprint density at radius 3 is 1.93 bits per heavy atom. The number of rotatable bonds is 2. The van der Waals surface area contributed by atoms with E-state index >= 15 is 0 Å². The lowest BCUT2D eigenvalue weighted by Gasteiger charge is -2.27.